The van der Waals surface area contributed by atoms with Crippen LogP contribution in [-0.2, 0) is 21.7 Å². The molecule has 0 saturated carbocycles. The number of nitrogens with zero attached hydrogens (tertiary/aromatic N) is 3. The molecule has 2 amide bonds. The summed E-state index contributed by atoms with van der Waals surface area (Å²) in [5.41, 5.74) is 2.32. The van der Waals surface area contributed by atoms with Crippen molar-refractivity contribution in [1.29, 1.82) is 0 Å². The molecule has 3 aliphatic rings. The van der Waals surface area contributed by atoms with Crippen molar-refractivity contribution in [2.45, 2.75) is 50.0 Å². The number of rotatable bonds is 7. The number of ether oxygens (including phenoxy) is 2. The zero-order chi connectivity index (χ0) is 27.7. The van der Waals surface area contributed by atoms with Crippen LogP contribution in [0.3, 0.4) is 0 Å². The van der Waals surface area contributed by atoms with Crippen molar-refractivity contribution in [2.24, 2.45) is 0 Å². The predicted octanol–water partition coefficient (Wildman–Crippen LogP) is 3.00. The van der Waals surface area contributed by atoms with Gasteiger partial charge in [0.1, 0.15) is 30.3 Å². The normalized spacial score (nSPS) is 21.1. The molecule has 1 spiro atoms. The van der Waals surface area contributed by atoms with Crippen molar-refractivity contribution >= 4 is 23.4 Å². The van der Waals surface area contributed by atoms with E-state index in [0.29, 0.717) is 31.1 Å². The lowest BCUT2D eigenvalue weighted by molar-refractivity contribution is -0.132. The van der Waals surface area contributed by atoms with Crippen molar-refractivity contribution in [1.82, 2.24) is 14.7 Å². The minimum Gasteiger partial charge on any atom is -0.508 e. The molecule has 10 heteroatoms. The molecule has 39 heavy (non-hydrogen) atoms. The molecular formula is C29H36ClN3O6. The number of likely N-dealkylation sites (tertiary alicyclic amines) is 2. The van der Waals surface area contributed by atoms with Gasteiger partial charge >= 0.3 is 0 Å². The number of hydrogen-bond acceptors (Lipinski definition) is 7. The quantitative estimate of drug-likeness (QED) is 0.539. The summed E-state index contributed by atoms with van der Waals surface area (Å²) in [6.45, 7) is 2.96. The first-order valence-corrected chi connectivity index (χ1v) is 13.9. The van der Waals surface area contributed by atoms with E-state index >= 15 is 0 Å². The Morgan fingerprint density at radius 3 is 2.69 bits per heavy atom. The second-order valence-electron chi connectivity index (χ2n) is 10.9. The maximum absolute atomic E-state index is 13.4. The summed E-state index contributed by atoms with van der Waals surface area (Å²) < 4.78 is 12.1. The average molecular weight is 558 g/mol. The minimum atomic E-state index is -0.796. The second kappa shape index (κ2) is 11.3. The monoisotopic (exact) mass is 557 g/mol. The Balaban J connectivity index is 1.18. The molecule has 9 nitrogen and oxygen atoms in total. The number of carbonyl (C=O) groups is 2. The van der Waals surface area contributed by atoms with Crippen LogP contribution in [0.25, 0.3) is 0 Å². The van der Waals surface area contributed by atoms with Crippen molar-refractivity contribution in [3.8, 4) is 11.5 Å². The third-order valence-corrected chi connectivity index (χ3v) is 8.30. The minimum absolute atomic E-state index is 0.0384. The molecule has 0 aliphatic carbocycles. The van der Waals surface area contributed by atoms with Crippen LogP contribution in [0.5, 0.6) is 11.5 Å². The van der Waals surface area contributed by atoms with Crippen molar-refractivity contribution in [3.63, 3.8) is 0 Å². The molecule has 0 aromatic heterocycles. The van der Waals surface area contributed by atoms with Crippen LogP contribution in [0.1, 0.15) is 47.2 Å². The number of halogens is 1. The van der Waals surface area contributed by atoms with E-state index in [0.717, 1.165) is 37.9 Å². The number of phenolic OH excluding ortho intramolecular Hbond substituents is 1. The number of carbonyl (C=O) groups excluding carboxylic acids is 2. The molecule has 1 unspecified atom stereocenters. The number of phenols is 1. The Morgan fingerprint density at radius 2 is 1.95 bits per heavy atom. The van der Waals surface area contributed by atoms with E-state index in [1.165, 1.54) is 28.7 Å². The lowest BCUT2D eigenvalue weighted by atomic mass is 9.84. The molecule has 2 fully saturated rings. The summed E-state index contributed by atoms with van der Waals surface area (Å²) in [6.07, 6.45) is 2.20. The molecule has 2 atom stereocenters. The Morgan fingerprint density at radius 1 is 1.18 bits per heavy atom. The zero-order valence-corrected chi connectivity index (χ0v) is 23.2. The number of aromatic hydroxyl groups is 1. The standard InChI is InChI=1S/C29H36ClN3O6/c1-31(2)28(37)25-4-3-11-33(25)27(36)23-7-6-21(34)15-26(23)38-18-22(35)16-32-12-9-29(10-13-32)24-8-5-20(30)14-19(24)17-39-29/h5-8,14-15,22,25,34-35H,3-4,9-13,16-18H2,1-2H3/t22-,25?/m0/s1. The van der Waals surface area contributed by atoms with Gasteiger partial charge in [0, 0.05) is 51.4 Å². The predicted molar refractivity (Wildman–Crippen MR) is 146 cm³/mol. The van der Waals surface area contributed by atoms with E-state index in [2.05, 4.69) is 11.0 Å². The van der Waals surface area contributed by atoms with Crippen molar-refractivity contribution in [3.05, 3.63) is 58.1 Å². The van der Waals surface area contributed by atoms with Crippen LogP contribution in [-0.4, -0.2) is 95.8 Å². The van der Waals surface area contributed by atoms with Crippen LogP contribution >= 0.6 is 11.6 Å². The van der Waals surface area contributed by atoms with E-state index in [4.69, 9.17) is 21.1 Å². The third kappa shape index (κ3) is 5.72. The fraction of sp³-hybridized carbons (Fsp3) is 0.517. The van der Waals surface area contributed by atoms with E-state index in [-0.39, 0.29) is 41.1 Å². The van der Waals surface area contributed by atoms with Gasteiger partial charge < -0.3 is 34.4 Å². The van der Waals surface area contributed by atoms with Gasteiger partial charge in [-0.3, -0.25) is 9.59 Å². The van der Waals surface area contributed by atoms with Crippen molar-refractivity contribution < 1.29 is 29.3 Å². The van der Waals surface area contributed by atoms with Gasteiger partial charge in [-0.25, -0.2) is 0 Å². The summed E-state index contributed by atoms with van der Waals surface area (Å²) in [4.78, 5) is 31.3. The highest BCUT2D eigenvalue weighted by molar-refractivity contribution is 6.30. The summed E-state index contributed by atoms with van der Waals surface area (Å²) in [7, 11) is 3.36. The van der Waals surface area contributed by atoms with Gasteiger partial charge in [0.15, 0.2) is 0 Å². The number of piperidine rings is 1. The van der Waals surface area contributed by atoms with Crippen LogP contribution in [0.4, 0.5) is 0 Å². The summed E-state index contributed by atoms with van der Waals surface area (Å²) in [5.74, 6) is -0.292. The Bertz CT molecular complexity index is 1230. The molecule has 2 N–H and O–H groups in total. The topological polar surface area (TPSA) is 103 Å². The Kier molecular flexibility index (Phi) is 8.05. The Hall–Kier alpha value is -2.85. The van der Waals surface area contributed by atoms with Crippen molar-refractivity contribution in [2.75, 3.05) is 46.9 Å². The number of hydrogen-bond donors (Lipinski definition) is 2. The first-order valence-electron chi connectivity index (χ1n) is 13.5. The number of aliphatic hydroxyl groups is 1. The molecule has 2 aromatic rings. The highest BCUT2D eigenvalue weighted by Gasteiger charge is 2.43. The molecule has 3 heterocycles. The third-order valence-electron chi connectivity index (χ3n) is 8.06. The largest absolute Gasteiger partial charge is 0.508 e. The Labute approximate surface area is 233 Å². The highest BCUT2D eigenvalue weighted by Crippen LogP contribution is 2.44. The van der Waals surface area contributed by atoms with Crippen LogP contribution in [0.15, 0.2) is 36.4 Å². The molecule has 0 bridgehead atoms. The lowest BCUT2D eigenvalue weighted by Gasteiger charge is -2.39. The smallest absolute Gasteiger partial charge is 0.258 e. The SMILES string of the molecule is CN(C)C(=O)C1CCCN1C(=O)c1ccc(O)cc1OC[C@@H](O)CN1CCC2(CC1)OCc1cc(Cl)ccc12. The molecular weight excluding hydrogens is 522 g/mol. The average Bonchev–Trinajstić information content (AvgIpc) is 3.53. The number of amides is 2. The lowest BCUT2D eigenvalue weighted by Crippen LogP contribution is -2.46. The summed E-state index contributed by atoms with van der Waals surface area (Å²) in [6, 6.07) is 9.75. The molecule has 5 rings (SSSR count). The van der Waals surface area contributed by atoms with Gasteiger partial charge in [0.05, 0.1) is 17.8 Å². The van der Waals surface area contributed by atoms with Gasteiger partial charge in [-0.15, -0.1) is 0 Å². The van der Waals surface area contributed by atoms with Crippen LogP contribution in [0, 0.1) is 0 Å². The van der Waals surface area contributed by atoms with E-state index in [1.807, 2.05) is 12.1 Å². The molecule has 210 valence electrons. The first-order chi connectivity index (χ1) is 18.7. The second-order valence-corrected chi connectivity index (χ2v) is 11.4. The number of β-amino-alcohol motifs (C(OH)–C–C–N with tert-alkyl or cyclic N) is 1. The van der Waals surface area contributed by atoms with Gasteiger partial charge in [-0.2, -0.15) is 0 Å². The summed E-state index contributed by atoms with van der Waals surface area (Å²) >= 11 is 6.15. The van der Waals surface area contributed by atoms with E-state index in [9.17, 15) is 19.8 Å². The number of fused-ring (bicyclic) bond motifs is 2. The van der Waals surface area contributed by atoms with Gasteiger partial charge in [-0.05, 0) is 61.1 Å². The molecule has 0 radical (unpaired) electrons. The summed E-state index contributed by atoms with van der Waals surface area (Å²) in [5, 5.41) is 21.5. The van der Waals surface area contributed by atoms with E-state index in [1.54, 1.807) is 19.0 Å². The van der Waals surface area contributed by atoms with Crippen LogP contribution < -0.4 is 4.74 Å². The van der Waals surface area contributed by atoms with Crippen LogP contribution in [0.2, 0.25) is 5.02 Å². The highest BCUT2D eigenvalue weighted by atomic mass is 35.5. The number of likely N-dealkylation sites (N-methyl/N-ethyl adjacent to an activating group) is 1. The number of benzene rings is 2. The fourth-order valence-corrected chi connectivity index (χ4v) is 6.19. The zero-order valence-electron chi connectivity index (χ0n) is 22.4. The van der Waals surface area contributed by atoms with Gasteiger partial charge in [0.25, 0.3) is 5.91 Å². The molecule has 2 saturated heterocycles. The number of aliphatic hydroxyl groups excluding tert-OH is 1. The fourth-order valence-electron chi connectivity index (χ4n) is 5.99. The maximum Gasteiger partial charge on any atom is 0.258 e. The van der Waals surface area contributed by atoms with Gasteiger partial charge in [0.2, 0.25) is 5.91 Å². The first kappa shape index (κ1) is 27.7. The van der Waals surface area contributed by atoms with E-state index < -0.39 is 12.1 Å². The van der Waals surface area contributed by atoms with Gasteiger partial charge in [-0.1, -0.05) is 17.7 Å². The molecule has 3 aliphatic heterocycles. The maximum atomic E-state index is 13.4. The molecule has 2 aromatic carbocycles.